The Labute approximate surface area is 235 Å². The van der Waals surface area contributed by atoms with Crippen molar-refractivity contribution >= 4 is 0 Å². The molecule has 1 aromatic heterocycles. The smallest absolute Gasteiger partial charge is 0.0463 e. The van der Waals surface area contributed by atoms with Gasteiger partial charge in [0.1, 0.15) is 0 Å². The fourth-order valence-corrected chi connectivity index (χ4v) is 5.89. The van der Waals surface area contributed by atoms with Gasteiger partial charge in [-0.25, -0.2) is 0 Å². The van der Waals surface area contributed by atoms with Gasteiger partial charge in [0, 0.05) is 25.0 Å². The zero-order valence-corrected chi connectivity index (χ0v) is 25.7. The topological polar surface area (TPSA) is 19.4 Å². The maximum Gasteiger partial charge on any atom is 0.0463 e. The molecule has 3 fully saturated rings. The Morgan fingerprint density at radius 3 is 2.08 bits per heavy atom. The molecule has 1 aliphatic carbocycles. The van der Waals surface area contributed by atoms with E-state index < -0.39 is 0 Å². The fourth-order valence-electron chi connectivity index (χ4n) is 5.89. The number of hydrogen-bond donors (Lipinski definition) is 0. The van der Waals surface area contributed by atoms with Crippen LogP contribution in [0.2, 0.25) is 0 Å². The summed E-state index contributed by atoms with van der Waals surface area (Å²) < 4.78 is 0. The Bertz CT molecular complexity index is 922. The minimum Gasteiger partial charge on any atom is -0.303 e. The maximum absolute atomic E-state index is 4.78. The third kappa shape index (κ3) is 9.79. The van der Waals surface area contributed by atoms with E-state index in [-0.39, 0.29) is 0 Å². The number of rotatable bonds is 10. The van der Waals surface area contributed by atoms with Gasteiger partial charge in [0.25, 0.3) is 0 Å². The molecule has 0 aromatic carbocycles. The molecule has 38 heavy (non-hydrogen) atoms. The molecule has 3 aliphatic rings. The van der Waals surface area contributed by atoms with Gasteiger partial charge in [-0.05, 0) is 125 Å². The Morgan fingerprint density at radius 1 is 0.947 bits per heavy atom. The Morgan fingerprint density at radius 2 is 1.55 bits per heavy atom. The summed E-state index contributed by atoms with van der Waals surface area (Å²) in [6.45, 7) is 24.9. The standard InChI is InChI=1S/C18H31N.C17H26N2/c1-6-10-18(17(5)16(4)15(2)3)11-14-19-12-8-7-9-13-19;1-13(2)17-16(15-6-7-15)10-14(11-18-17)12-19-8-4-3-5-9-19/h6,10,15H,1,7-9,11-14H2,2-5H3;10-11,13,15H,3-9,12H2,1-2H3/b17-16+,18-10-;. The van der Waals surface area contributed by atoms with Gasteiger partial charge in [-0.15, -0.1) is 0 Å². The van der Waals surface area contributed by atoms with Crippen molar-refractivity contribution in [3.8, 4) is 0 Å². The highest BCUT2D eigenvalue weighted by molar-refractivity contribution is 5.36. The number of aromatic nitrogens is 1. The normalized spacial score (nSPS) is 20.3. The molecule has 0 atom stereocenters. The summed E-state index contributed by atoms with van der Waals surface area (Å²) in [4.78, 5) is 9.98. The van der Waals surface area contributed by atoms with Gasteiger partial charge in [0.05, 0.1) is 0 Å². The molecule has 0 unspecified atom stereocenters. The van der Waals surface area contributed by atoms with Crippen LogP contribution in [0.1, 0.15) is 128 Å². The van der Waals surface area contributed by atoms with Gasteiger partial charge in [-0.3, -0.25) is 9.88 Å². The van der Waals surface area contributed by atoms with E-state index in [0.29, 0.717) is 11.8 Å². The highest BCUT2D eigenvalue weighted by Gasteiger charge is 2.28. The van der Waals surface area contributed by atoms with Crippen LogP contribution < -0.4 is 0 Å². The minimum absolute atomic E-state index is 0.555. The zero-order chi connectivity index (χ0) is 27.5. The van der Waals surface area contributed by atoms with Gasteiger partial charge >= 0.3 is 0 Å². The summed E-state index contributed by atoms with van der Waals surface area (Å²) >= 11 is 0. The van der Waals surface area contributed by atoms with Crippen LogP contribution in [0.3, 0.4) is 0 Å². The predicted molar refractivity (Wildman–Crippen MR) is 166 cm³/mol. The molecule has 3 heteroatoms. The van der Waals surface area contributed by atoms with Crippen LogP contribution in [-0.4, -0.2) is 47.5 Å². The van der Waals surface area contributed by atoms with Crippen molar-refractivity contribution in [1.82, 2.24) is 14.8 Å². The molecular weight excluding hydrogens is 462 g/mol. The zero-order valence-electron chi connectivity index (χ0n) is 25.7. The molecule has 0 bridgehead atoms. The van der Waals surface area contributed by atoms with Crippen molar-refractivity contribution in [1.29, 1.82) is 0 Å². The van der Waals surface area contributed by atoms with Crippen LogP contribution in [-0.2, 0) is 6.54 Å². The van der Waals surface area contributed by atoms with E-state index in [4.69, 9.17) is 4.98 Å². The highest BCUT2D eigenvalue weighted by atomic mass is 15.1. The lowest BCUT2D eigenvalue weighted by Gasteiger charge is -2.27. The first-order valence-electron chi connectivity index (χ1n) is 15.7. The van der Waals surface area contributed by atoms with E-state index in [9.17, 15) is 0 Å². The van der Waals surface area contributed by atoms with Crippen molar-refractivity contribution in [3.05, 3.63) is 64.5 Å². The van der Waals surface area contributed by atoms with Crippen LogP contribution in [0.25, 0.3) is 0 Å². The molecule has 0 amide bonds. The highest BCUT2D eigenvalue weighted by Crippen LogP contribution is 2.43. The molecule has 212 valence electrons. The van der Waals surface area contributed by atoms with Gasteiger partial charge in [-0.1, -0.05) is 70.9 Å². The van der Waals surface area contributed by atoms with Gasteiger partial charge in [0.15, 0.2) is 0 Å². The molecule has 1 saturated carbocycles. The van der Waals surface area contributed by atoms with E-state index in [1.54, 1.807) is 5.56 Å². The summed E-state index contributed by atoms with van der Waals surface area (Å²) in [6.07, 6.45) is 18.5. The van der Waals surface area contributed by atoms with Crippen LogP contribution in [0.4, 0.5) is 0 Å². The molecule has 0 N–H and O–H groups in total. The Hall–Kier alpha value is -1.71. The average molecular weight is 520 g/mol. The second kappa shape index (κ2) is 15.8. The van der Waals surface area contributed by atoms with Gasteiger partial charge < -0.3 is 4.90 Å². The number of allylic oxidation sites excluding steroid dienone is 4. The molecule has 3 heterocycles. The summed E-state index contributed by atoms with van der Waals surface area (Å²) in [5, 5.41) is 0. The third-order valence-corrected chi connectivity index (χ3v) is 8.83. The average Bonchev–Trinajstić information content (AvgIpc) is 3.77. The second-order valence-corrected chi connectivity index (χ2v) is 12.6. The predicted octanol–water partition coefficient (Wildman–Crippen LogP) is 9.04. The second-order valence-electron chi connectivity index (χ2n) is 12.6. The molecule has 1 aromatic rings. The van der Waals surface area contributed by atoms with Crippen LogP contribution in [0.15, 0.2) is 47.7 Å². The van der Waals surface area contributed by atoms with E-state index >= 15 is 0 Å². The number of likely N-dealkylation sites (tertiary alicyclic amines) is 2. The monoisotopic (exact) mass is 519 g/mol. The summed E-state index contributed by atoms with van der Waals surface area (Å²) in [5.74, 6) is 1.99. The lowest BCUT2D eigenvalue weighted by atomic mass is 9.93. The molecule has 0 radical (unpaired) electrons. The largest absolute Gasteiger partial charge is 0.303 e. The quantitative estimate of drug-likeness (QED) is 0.287. The van der Waals surface area contributed by atoms with E-state index in [1.807, 2.05) is 6.08 Å². The SMILES string of the molecule is C=C/C=C(CCN1CCCCC1)\C(C)=C(/C)C(C)C.CC(C)c1ncc(CN2CCCCC2)cc1C1CC1. The van der Waals surface area contributed by atoms with Crippen molar-refractivity contribution in [2.24, 2.45) is 5.92 Å². The van der Waals surface area contributed by atoms with Crippen molar-refractivity contribution in [3.63, 3.8) is 0 Å². The minimum atomic E-state index is 0.555. The number of nitrogens with zero attached hydrogens (tertiary/aromatic N) is 3. The van der Waals surface area contributed by atoms with Crippen molar-refractivity contribution < 1.29 is 0 Å². The molecule has 2 aliphatic heterocycles. The maximum atomic E-state index is 4.78. The third-order valence-electron chi connectivity index (χ3n) is 8.83. The number of hydrogen-bond acceptors (Lipinski definition) is 3. The van der Waals surface area contributed by atoms with Crippen molar-refractivity contribution in [2.45, 2.75) is 118 Å². The fraction of sp³-hybridized carbons (Fsp3) is 0.686. The van der Waals surface area contributed by atoms with E-state index in [1.165, 1.54) is 112 Å². The summed E-state index contributed by atoms with van der Waals surface area (Å²) in [7, 11) is 0. The van der Waals surface area contributed by atoms with E-state index in [0.717, 1.165) is 18.9 Å². The van der Waals surface area contributed by atoms with Crippen LogP contribution in [0.5, 0.6) is 0 Å². The Balaban J connectivity index is 0.000000211. The molecule has 4 rings (SSSR count). The first kappa shape index (κ1) is 30.8. The first-order chi connectivity index (χ1) is 18.3. The number of piperidine rings is 2. The first-order valence-corrected chi connectivity index (χ1v) is 15.7. The van der Waals surface area contributed by atoms with Crippen LogP contribution in [0, 0.1) is 5.92 Å². The number of pyridine rings is 1. The summed E-state index contributed by atoms with van der Waals surface area (Å²) in [6, 6.07) is 2.45. The van der Waals surface area contributed by atoms with Gasteiger partial charge in [0.2, 0.25) is 0 Å². The molecule has 0 spiro atoms. The molecule has 2 saturated heterocycles. The lowest BCUT2D eigenvalue weighted by Crippen LogP contribution is -2.30. The molecular formula is C35H57N3. The van der Waals surface area contributed by atoms with Crippen molar-refractivity contribution in [2.75, 3.05) is 32.7 Å². The lowest BCUT2D eigenvalue weighted by molar-refractivity contribution is 0.220. The molecule has 3 nitrogen and oxygen atoms in total. The van der Waals surface area contributed by atoms with Crippen LogP contribution >= 0.6 is 0 Å². The Kier molecular flexibility index (Phi) is 12.8. The van der Waals surface area contributed by atoms with E-state index in [2.05, 4.69) is 76.3 Å². The summed E-state index contributed by atoms with van der Waals surface area (Å²) in [5.41, 5.74) is 8.74. The van der Waals surface area contributed by atoms with Gasteiger partial charge in [-0.2, -0.15) is 0 Å².